The molecule has 19 heavy (non-hydrogen) atoms. The van der Waals surface area contributed by atoms with Gasteiger partial charge in [-0.2, -0.15) is 0 Å². The van der Waals surface area contributed by atoms with Gasteiger partial charge in [0.05, 0.1) is 0 Å². The van der Waals surface area contributed by atoms with Crippen LogP contribution in [0.15, 0.2) is 60.7 Å². The summed E-state index contributed by atoms with van der Waals surface area (Å²) in [6, 6.07) is 20.5. The molecule has 98 valence electrons. The summed E-state index contributed by atoms with van der Waals surface area (Å²) in [5.74, 6) is 0. The molecule has 0 N–H and O–H groups in total. The van der Waals surface area contributed by atoms with Gasteiger partial charge in [-0.05, 0) is 25.0 Å². The van der Waals surface area contributed by atoms with Gasteiger partial charge in [0.1, 0.15) is 11.2 Å². The van der Waals surface area contributed by atoms with Gasteiger partial charge < -0.3 is 0 Å². The number of benzene rings is 2. The standard InChI is InChI=1S/C17H18O2/c1-16(14-9-5-3-6-10-14)13-17(2,19-18-16)15-11-7-4-8-12-15/h3-12H,13H2,1-2H3. The highest BCUT2D eigenvalue weighted by molar-refractivity contribution is 5.28. The van der Waals surface area contributed by atoms with Crippen molar-refractivity contribution in [2.24, 2.45) is 0 Å². The minimum atomic E-state index is -0.397. The molecule has 0 bridgehead atoms. The van der Waals surface area contributed by atoms with Crippen LogP contribution in [-0.4, -0.2) is 0 Å². The molecule has 0 aromatic heterocycles. The molecule has 3 rings (SSSR count). The van der Waals surface area contributed by atoms with Gasteiger partial charge in [-0.15, -0.1) is 0 Å². The molecular weight excluding hydrogens is 236 g/mol. The highest BCUT2D eigenvalue weighted by Gasteiger charge is 2.48. The zero-order chi connectivity index (χ0) is 13.3. The SMILES string of the molecule is CC1(c2ccccc2)CC(C)(c2ccccc2)OO1. The molecule has 1 aliphatic rings. The zero-order valence-corrected chi connectivity index (χ0v) is 11.3. The van der Waals surface area contributed by atoms with Gasteiger partial charge in [-0.25, -0.2) is 9.78 Å². The van der Waals surface area contributed by atoms with E-state index in [1.807, 2.05) is 36.4 Å². The Morgan fingerprint density at radius 3 is 1.42 bits per heavy atom. The van der Waals surface area contributed by atoms with E-state index in [2.05, 4.69) is 38.1 Å². The Kier molecular flexibility index (Phi) is 2.92. The first-order valence-electron chi connectivity index (χ1n) is 6.60. The molecule has 0 spiro atoms. The molecule has 0 aliphatic carbocycles. The maximum atomic E-state index is 5.70. The lowest BCUT2D eigenvalue weighted by atomic mass is 9.82. The zero-order valence-electron chi connectivity index (χ0n) is 11.3. The van der Waals surface area contributed by atoms with Gasteiger partial charge in [0.15, 0.2) is 0 Å². The average molecular weight is 254 g/mol. The van der Waals surface area contributed by atoms with Crippen molar-refractivity contribution < 1.29 is 9.78 Å². The summed E-state index contributed by atoms with van der Waals surface area (Å²) in [5, 5.41) is 0. The summed E-state index contributed by atoms with van der Waals surface area (Å²) < 4.78 is 0. The normalized spacial score (nSPS) is 30.4. The van der Waals surface area contributed by atoms with Crippen molar-refractivity contribution >= 4 is 0 Å². The highest BCUT2D eigenvalue weighted by atomic mass is 17.2. The van der Waals surface area contributed by atoms with E-state index < -0.39 is 11.2 Å². The molecule has 1 fully saturated rings. The summed E-state index contributed by atoms with van der Waals surface area (Å²) in [4.78, 5) is 11.4. The lowest BCUT2D eigenvalue weighted by Crippen LogP contribution is -2.24. The van der Waals surface area contributed by atoms with Gasteiger partial charge in [0, 0.05) is 6.42 Å². The molecular formula is C17H18O2. The van der Waals surface area contributed by atoms with Crippen molar-refractivity contribution in [2.75, 3.05) is 0 Å². The number of hydrogen-bond donors (Lipinski definition) is 0. The second-order valence-corrected chi connectivity index (χ2v) is 5.54. The Balaban J connectivity index is 1.92. The van der Waals surface area contributed by atoms with E-state index in [0.717, 1.165) is 17.5 Å². The van der Waals surface area contributed by atoms with Crippen molar-refractivity contribution in [1.82, 2.24) is 0 Å². The summed E-state index contributed by atoms with van der Waals surface area (Å²) in [7, 11) is 0. The molecule has 1 aliphatic heterocycles. The second kappa shape index (κ2) is 4.48. The number of hydrogen-bond acceptors (Lipinski definition) is 2. The van der Waals surface area contributed by atoms with Crippen LogP contribution in [0.3, 0.4) is 0 Å². The van der Waals surface area contributed by atoms with Crippen LogP contribution >= 0.6 is 0 Å². The van der Waals surface area contributed by atoms with Gasteiger partial charge in [-0.3, -0.25) is 0 Å². The van der Waals surface area contributed by atoms with Crippen LogP contribution in [0, 0.1) is 0 Å². The van der Waals surface area contributed by atoms with E-state index in [1.54, 1.807) is 0 Å². The molecule has 1 heterocycles. The molecule has 1 saturated heterocycles. The van der Waals surface area contributed by atoms with E-state index in [4.69, 9.17) is 9.78 Å². The fourth-order valence-corrected chi connectivity index (χ4v) is 2.77. The van der Waals surface area contributed by atoms with E-state index in [9.17, 15) is 0 Å². The topological polar surface area (TPSA) is 18.5 Å². The summed E-state index contributed by atoms with van der Waals surface area (Å²) in [5.41, 5.74) is 1.50. The molecule has 2 unspecified atom stereocenters. The van der Waals surface area contributed by atoms with Crippen molar-refractivity contribution in [3.05, 3.63) is 71.8 Å². The Morgan fingerprint density at radius 2 is 1.05 bits per heavy atom. The second-order valence-electron chi connectivity index (χ2n) is 5.54. The summed E-state index contributed by atoms with van der Waals surface area (Å²) in [6.45, 7) is 4.16. The van der Waals surface area contributed by atoms with Crippen LogP contribution in [0.4, 0.5) is 0 Å². The van der Waals surface area contributed by atoms with Gasteiger partial charge in [-0.1, -0.05) is 60.7 Å². The van der Waals surface area contributed by atoms with Gasteiger partial charge >= 0.3 is 0 Å². The highest BCUT2D eigenvalue weighted by Crippen LogP contribution is 2.47. The molecule has 2 aromatic rings. The van der Waals surface area contributed by atoms with E-state index in [1.165, 1.54) is 0 Å². The lowest BCUT2D eigenvalue weighted by Gasteiger charge is -2.23. The van der Waals surface area contributed by atoms with Gasteiger partial charge in [0.25, 0.3) is 0 Å². The van der Waals surface area contributed by atoms with Crippen LogP contribution in [-0.2, 0) is 21.0 Å². The first-order valence-corrected chi connectivity index (χ1v) is 6.60. The number of rotatable bonds is 2. The van der Waals surface area contributed by atoms with Crippen LogP contribution in [0.5, 0.6) is 0 Å². The lowest BCUT2D eigenvalue weighted by molar-refractivity contribution is -0.351. The van der Waals surface area contributed by atoms with Crippen molar-refractivity contribution in [3.8, 4) is 0 Å². The molecule has 0 radical (unpaired) electrons. The molecule has 2 aromatic carbocycles. The van der Waals surface area contributed by atoms with Crippen LogP contribution in [0.1, 0.15) is 31.4 Å². The molecule has 2 atom stereocenters. The van der Waals surface area contributed by atoms with Gasteiger partial charge in [0.2, 0.25) is 0 Å². The van der Waals surface area contributed by atoms with Crippen molar-refractivity contribution in [3.63, 3.8) is 0 Å². The predicted molar refractivity (Wildman–Crippen MR) is 74.4 cm³/mol. The molecule has 2 nitrogen and oxygen atoms in total. The largest absolute Gasteiger partial charge is 0.224 e. The van der Waals surface area contributed by atoms with Crippen molar-refractivity contribution in [1.29, 1.82) is 0 Å². The minimum Gasteiger partial charge on any atom is -0.224 e. The van der Waals surface area contributed by atoms with Crippen molar-refractivity contribution in [2.45, 2.75) is 31.5 Å². The molecule has 2 heteroatoms. The Labute approximate surface area is 113 Å². The third kappa shape index (κ3) is 2.18. The Morgan fingerprint density at radius 1 is 0.684 bits per heavy atom. The third-order valence-electron chi connectivity index (χ3n) is 3.85. The Hall–Kier alpha value is -1.64. The Bertz CT molecular complexity index is 500. The van der Waals surface area contributed by atoms with E-state index in [-0.39, 0.29) is 0 Å². The first kappa shape index (κ1) is 12.4. The fraction of sp³-hybridized carbons (Fsp3) is 0.294. The van der Waals surface area contributed by atoms with Crippen LogP contribution in [0.2, 0.25) is 0 Å². The fourth-order valence-electron chi connectivity index (χ4n) is 2.77. The predicted octanol–water partition coefficient (Wildman–Crippen LogP) is 4.17. The minimum absolute atomic E-state index is 0.397. The monoisotopic (exact) mass is 254 g/mol. The smallest absolute Gasteiger partial charge is 0.129 e. The quantitative estimate of drug-likeness (QED) is 0.749. The summed E-state index contributed by atoms with van der Waals surface area (Å²) in [6.07, 6.45) is 0.800. The van der Waals surface area contributed by atoms with Crippen LogP contribution < -0.4 is 0 Å². The van der Waals surface area contributed by atoms with E-state index in [0.29, 0.717) is 0 Å². The third-order valence-corrected chi connectivity index (χ3v) is 3.85. The molecule has 0 saturated carbocycles. The maximum absolute atomic E-state index is 5.70. The van der Waals surface area contributed by atoms with E-state index >= 15 is 0 Å². The molecule has 0 amide bonds. The van der Waals surface area contributed by atoms with Crippen LogP contribution in [0.25, 0.3) is 0 Å². The summed E-state index contributed by atoms with van der Waals surface area (Å²) >= 11 is 0. The first-order chi connectivity index (χ1) is 9.12. The average Bonchev–Trinajstić information content (AvgIpc) is 2.80. The maximum Gasteiger partial charge on any atom is 0.129 e.